The summed E-state index contributed by atoms with van der Waals surface area (Å²) in [4.78, 5) is 12.0. The van der Waals surface area contributed by atoms with Crippen molar-refractivity contribution >= 4 is 5.97 Å². The van der Waals surface area contributed by atoms with Crippen molar-refractivity contribution in [2.75, 3.05) is 0 Å². The zero-order valence-electron chi connectivity index (χ0n) is 20.7. The summed E-state index contributed by atoms with van der Waals surface area (Å²) in [7, 11) is 0. The molecule has 5 rings (SSSR count). The van der Waals surface area contributed by atoms with Gasteiger partial charge in [-0.25, -0.2) is 0 Å². The molecule has 0 radical (unpaired) electrons. The minimum Gasteiger partial charge on any atom is -0.481 e. The molecule has 1 aliphatic heterocycles. The molecule has 5 fully saturated rings. The predicted octanol–water partition coefficient (Wildman–Crippen LogP) is 2.02. The van der Waals surface area contributed by atoms with Gasteiger partial charge in [0.1, 0.15) is 18.3 Å². The average molecular weight is 482 g/mol. The van der Waals surface area contributed by atoms with E-state index in [0.29, 0.717) is 24.2 Å². The summed E-state index contributed by atoms with van der Waals surface area (Å²) in [6.45, 7) is 6.22. The zero-order chi connectivity index (χ0) is 24.6. The fourth-order valence-corrected chi connectivity index (χ4v) is 9.12. The van der Waals surface area contributed by atoms with Gasteiger partial charge < -0.3 is 35.6 Å². The second-order valence-corrected chi connectivity index (χ2v) is 12.6. The number of aliphatic hydroxyl groups is 3. The summed E-state index contributed by atoms with van der Waals surface area (Å²) in [5.41, 5.74) is 6.59. The van der Waals surface area contributed by atoms with Crippen molar-refractivity contribution in [2.45, 2.75) is 121 Å². The van der Waals surface area contributed by atoms with Gasteiger partial charge in [-0.3, -0.25) is 4.79 Å². The maximum Gasteiger partial charge on any atom is 0.307 e. The van der Waals surface area contributed by atoms with E-state index >= 15 is 0 Å². The molecule has 5 aliphatic rings. The Morgan fingerprint density at radius 1 is 0.941 bits per heavy atom. The minimum atomic E-state index is -1.28. The number of nitrogens with two attached hydrogens (primary N) is 1. The Labute approximate surface area is 202 Å². The van der Waals surface area contributed by atoms with E-state index in [9.17, 15) is 25.2 Å². The lowest BCUT2D eigenvalue weighted by atomic mass is 9.42. The van der Waals surface area contributed by atoms with E-state index in [2.05, 4.69) is 13.8 Å². The molecule has 1 heterocycles. The summed E-state index contributed by atoms with van der Waals surface area (Å²) in [5, 5.41) is 40.3. The second-order valence-electron chi connectivity index (χ2n) is 12.6. The number of rotatable bonds is 3. The van der Waals surface area contributed by atoms with Crippen LogP contribution in [0.3, 0.4) is 0 Å². The molecule has 34 heavy (non-hydrogen) atoms. The molecular weight excluding hydrogens is 438 g/mol. The summed E-state index contributed by atoms with van der Waals surface area (Å²) in [6, 6.07) is 0. The van der Waals surface area contributed by atoms with E-state index in [1.165, 1.54) is 0 Å². The van der Waals surface area contributed by atoms with Gasteiger partial charge in [0, 0.05) is 5.54 Å². The third-order valence-electron chi connectivity index (χ3n) is 11.4. The maximum atomic E-state index is 12.0. The molecule has 0 amide bonds. The standard InChI is InChI=1S/C26H43NO7/c1-13-19(28)20(29)21(30)23(33-13)34-15-6-9-24(2)14(12-15)4-5-17-16(24)7-10-25(3)18(22(31)32)8-11-26(17,25)27/h13-21,23,28-30H,4-12,27H2,1-3H3,(H,31,32)/t13-,14+,15-,16-,17+,18+,19-,20+,21+,23-,24-,25+,26-/m0/s1. The normalized spacial score (nSPS) is 57.4. The minimum absolute atomic E-state index is 0.0625. The molecule has 0 aromatic heterocycles. The maximum absolute atomic E-state index is 12.0. The van der Waals surface area contributed by atoms with Crippen molar-refractivity contribution in [3.05, 3.63) is 0 Å². The second kappa shape index (κ2) is 8.38. The van der Waals surface area contributed by atoms with Crippen molar-refractivity contribution in [1.29, 1.82) is 0 Å². The zero-order valence-corrected chi connectivity index (χ0v) is 20.7. The molecule has 0 unspecified atom stereocenters. The summed E-state index contributed by atoms with van der Waals surface area (Å²) >= 11 is 0. The van der Waals surface area contributed by atoms with Crippen LogP contribution in [-0.2, 0) is 14.3 Å². The fraction of sp³-hybridized carbons (Fsp3) is 0.962. The number of aliphatic hydroxyl groups excluding tert-OH is 3. The highest BCUT2D eigenvalue weighted by Crippen LogP contribution is 2.68. The first-order valence-electron chi connectivity index (χ1n) is 13.3. The first kappa shape index (κ1) is 24.9. The van der Waals surface area contributed by atoms with E-state index in [1.54, 1.807) is 6.92 Å². The van der Waals surface area contributed by atoms with E-state index in [4.69, 9.17) is 15.2 Å². The third-order valence-corrected chi connectivity index (χ3v) is 11.4. The smallest absolute Gasteiger partial charge is 0.307 e. The molecule has 0 spiro atoms. The molecule has 8 nitrogen and oxygen atoms in total. The number of carbonyl (C=O) groups is 1. The van der Waals surface area contributed by atoms with E-state index in [0.717, 1.165) is 51.4 Å². The van der Waals surface area contributed by atoms with E-state index in [-0.39, 0.29) is 22.9 Å². The first-order valence-corrected chi connectivity index (χ1v) is 13.3. The van der Waals surface area contributed by atoms with Crippen molar-refractivity contribution < 1.29 is 34.7 Å². The lowest BCUT2D eigenvalue weighted by Gasteiger charge is -2.64. The fourth-order valence-electron chi connectivity index (χ4n) is 9.12. The van der Waals surface area contributed by atoms with Gasteiger partial charge in [0.2, 0.25) is 0 Å². The number of hydrogen-bond acceptors (Lipinski definition) is 7. The number of aliphatic carboxylic acids is 1. The van der Waals surface area contributed by atoms with Crippen LogP contribution < -0.4 is 5.73 Å². The summed E-state index contributed by atoms with van der Waals surface area (Å²) < 4.78 is 11.9. The van der Waals surface area contributed by atoms with Gasteiger partial charge in [-0.1, -0.05) is 13.8 Å². The molecule has 1 saturated heterocycles. The molecule has 4 saturated carbocycles. The molecule has 4 aliphatic carbocycles. The third kappa shape index (κ3) is 3.43. The van der Waals surface area contributed by atoms with Crippen LogP contribution in [0.1, 0.15) is 78.6 Å². The van der Waals surface area contributed by atoms with Gasteiger partial charge >= 0.3 is 5.97 Å². The molecule has 194 valence electrons. The topological polar surface area (TPSA) is 142 Å². The Morgan fingerprint density at radius 3 is 2.38 bits per heavy atom. The van der Waals surface area contributed by atoms with Crippen molar-refractivity contribution in [2.24, 2.45) is 40.2 Å². The van der Waals surface area contributed by atoms with Crippen LogP contribution in [0, 0.1) is 34.5 Å². The highest BCUT2D eigenvalue weighted by Gasteiger charge is 2.67. The van der Waals surface area contributed by atoms with Gasteiger partial charge in [-0.05, 0) is 93.3 Å². The number of carboxylic acid groups (broad SMARTS) is 1. The van der Waals surface area contributed by atoms with Crippen LogP contribution >= 0.6 is 0 Å². The van der Waals surface area contributed by atoms with Crippen LogP contribution in [-0.4, -0.2) is 68.7 Å². The highest BCUT2D eigenvalue weighted by molar-refractivity contribution is 5.72. The Bertz CT molecular complexity index is 810. The molecule has 0 aromatic rings. The van der Waals surface area contributed by atoms with Crippen LogP contribution in [0.25, 0.3) is 0 Å². The monoisotopic (exact) mass is 481 g/mol. The van der Waals surface area contributed by atoms with Gasteiger partial charge in [-0.15, -0.1) is 0 Å². The Kier molecular flexibility index (Phi) is 6.14. The lowest BCUT2D eigenvalue weighted by molar-refractivity contribution is -0.309. The lowest BCUT2D eigenvalue weighted by Crippen LogP contribution is -2.66. The van der Waals surface area contributed by atoms with Crippen LogP contribution in [0.2, 0.25) is 0 Å². The quantitative estimate of drug-likeness (QED) is 0.385. The molecule has 0 bridgehead atoms. The van der Waals surface area contributed by atoms with Crippen molar-refractivity contribution in [3.63, 3.8) is 0 Å². The molecule has 8 heteroatoms. The van der Waals surface area contributed by atoms with Gasteiger partial charge in [0.25, 0.3) is 0 Å². The molecular formula is C26H43NO7. The number of ether oxygens (including phenoxy) is 2. The largest absolute Gasteiger partial charge is 0.481 e. The van der Waals surface area contributed by atoms with Crippen LogP contribution in [0.15, 0.2) is 0 Å². The molecule has 0 aromatic carbocycles. The number of hydrogen-bond donors (Lipinski definition) is 5. The Hall–Kier alpha value is -0.770. The molecule has 13 atom stereocenters. The SMILES string of the molecule is C[C@@H]1O[C@@H](O[C@H]2CC[C@@]3(C)[C@H](CC[C@@H]4[C@@H]3CC[C@]3(C)[C@@H](C(=O)O)CC[C@]43N)C2)[C@H](O)[C@H](O)[C@H]1O. The van der Waals surface area contributed by atoms with Gasteiger partial charge in [0.05, 0.1) is 18.1 Å². The van der Waals surface area contributed by atoms with Crippen LogP contribution in [0.5, 0.6) is 0 Å². The van der Waals surface area contributed by atoms with E-state index < -0.39 is 42.2 Å². The van der Waals surface area contributed by atoms with Crippen molar-refractivity contribution in [1.82, 2.24) is 0 Å². The first-order chi connectivity index (χ1) is 15.9. The number of fused-ring (bicyclic) bond motifs is 5. The van der Waals surface area contributed by atoms with Crippen LogP contribution in [0.4, 0.5) is 0 Å². The predicted molar refractivity (Wildman–Crippen MR) is 124 cm³/mol. The van der Waals surface area contributed by atoms with Crippen molar-refractivity contribution in [3.8, 4) is 0 Å². The summed E-state index contributed by atoms with van der Waals surface area (Å²) in [6.07, 6.45) is 2.93. The molecule has 6 N–H and O–H groups in total. The average Bonchev–Trinajstić information content (AvgIpc) is 3.07. The highest BCUT2D eigenvalue weighted by atomic mass is 16.7. The summed E-state index contributed by atoms with van der Waals surface area (Å²) in [5.74, 6) is 0.295. The Balaban J connectivity index is 1.29. The van der Waals surface area contributed by atoms with Gasteiger partial charge in [-0.2, -0.15) is 0 Å². The van der Waals surface area contributed by atoms with Gasteiger partial charge in [0.15, 0.2) is 6.29 Å². The Morgan fingerprint density at radius 2 is 1.68 bits per heavy atom. The van der Waals surface area contributed by atoms with E-state index in [1.807, 2.05) is 0 Å². The number of carboxylic acids is 1.